The lowest BCUT2D eigenvalue weighted by Gasteiger charge is -2.19. The first-order valence-electron chi connectivity index (χ1n) is 5.20. The highest BCUT2D eigenvalue weighted by Crippen LogP contribution is 2.14. The average Bonchev–Trinajstić information content (AvgIpc) is 2.65. The van der Waals surface area contributed by atoms with E-state index in [9.17, 15) is 8.42 Å². The minimum absolute atomic E-state index is 0.0244. The molecule has 0 aliphatic rings. The molecule has 3 N–H and O–H groups in total. The number of nitrogens with one attached hydrogen (secondary N) is 1. The standard InChI is InChI=1S/C9H17N5O2S/c1-3-14(7-5-8(10)11)17(15,16)9-4-6-12-13(9)2/h4,6H,3,5,7H2,1-2H3,(H3,10,11). The van der Waals surface area contributed by atoms with Crippen LogP contribution in [0.4, 0.5) is 0 Å². The van der Waals surface area contributed by atoms with E-state index in [1.54, 1.807) is 14.0 Å². The summed E-state index contributed by atoms with van der Waals surface area (Å²) in [5.41, 5.74) is 5.23. The summed E-state index contributed by atoms with van der Waals surface area (Å²) in [6.45, 7) is 2.29. The van der Waals surface area contributed by atoms with Crippen molar-refractivity contribution in [3.05, 3.63) is 12.3 Å². The fourth-order valence-electron chi connectivity index (χ4n) is 1.44. The number of aryl methyl sites for hydroxylation is 1. The zero-order valence-electron chi connectivity index (χ0n) is 9.92. The molecule has 96 valence electrons. The lowest BCUT2D eigenvalue weighted by atomic mass is 10.4. The monoisotopic (exact) mass is 259 g/mol. The predicted octanol–water partition coefficient (Wildman–Crippen LogP) is -0.243. The first kappa shape index (κ1) is 13.7. The van der Waals surface area contributed by atoms with E-state index in [-0.39, 0.29) is 23.8 Å². The summed E-state index contributed by atoms with van der Waals surface area (Å²) in [6.07, 6.45) is 1.66. The zero-order chi connectivity index (χ0) is 13.1. The van der Waals surface area contributed by atoms with Gasteiger partial charge in [0.2, 0.25) is 0 Å². The van der Waals surface area contributed by atoms with Gasteiger partial charge in [0, 0.05) is 26.6 Å². The Morgan fingerprint density at radius 1 is 1.65 bits per heavy atom. The lowest BCUT2D eigenvalue weighted by molar-refractivity contribution is 0.429. The van der Waals surface area contributed by atoms with Crippen molar-refractivity contribution in [1.82, 2.24) is 14.1 Å². The summed E-state index contributed by atoms with van der Waals surface area (Å²) in [4.78, 5) is 0. The third-order valence-corrected chi connectivity index (χ3v) is 4.41. The highest BCUT2D eigenvalue weighted by atomic mass is 32.2. The van der Waals surface area contributed by atoms with Crippen molar-refractivity contribution in [3.63, 3.8) is 0 Å². The van der Waals surface area contributed by atoms with Crippen molar-refractivity contribution >= 4 is 15.9 Å². The number of hydrogen-bond acceptors (Lipinski definition) is 4. The van der Waals surface area contributed by atoms with Crippen LogP contribution in [0.1, 0.15) is 13.3 Å². The molecule has 7 nitrogen and oxygen atoms in total. The van der Waals surface area contributed by atoms with Gasteiger partial charge in [-0.3, -0.25) is 10.1 Å². The molecule has 0 radical (unpaired) electrons. The van der Waals surface area contributed by atoms with Gasteiger partial charge in [-0.05, 0) is 6.07 Å². The van der Waals surface area contributed by atoms with E-state index in [4.69, 9.17) is 11.1 Å². The van der Waals surface area contributed by atoms with Crippen LogP contribution < -0.4 is 5.73 Å². The second-order valence-corrected chi connectivity index (χ2v) is 5.45. The van der Waals surface area contributed by atoms with Gasteiger partial charge in [0.05, 0.1) is 12.0 Å². The van der Waals surface area contributed by atoms with E-state index < -0.39 is 10.0 Å². The maximum atomic E-state index is 12.2. The van der Waals surface area contributed by atoms with Crippen LogP contribution in [0.5, 0.6) is 0 Å². The number of aromatic nitrogens is 2. The number of nitrogens with zero attached hydrogens (tertiary/aromatic N) is 3. The van der Waals surface area contributed by atoms with E-state index >= 15 is 0 Å². The molecule has 0 amide bonds. The highest BCUT2D eigenvalue weighted by Gasteiger charge is 2.25. The van der Waals surface area contributed by atoms with Crippen LogP contribution in [0.3, 0.4) is 0 Å². The molecule has 17 heavy (non-hydrogen) atoms. The first-order chi connectivity index (χ1) is 7.89. The van der Waals surface area contributed by atoms with Gasteiger partial charge in [0.25, 0.3) is 10.0 Å². The summed E-state index contributed by atoms with van der Waals surface area (Å²) >= 11 is 0. The van der Waals surface area contributed by atoms with E-state index in [0.717, 1.165) is 0 Å². The van der Waals surface area contributed by atoms with Gasteiger partial charge >= 0.3 is 0 Å². The molecule has 0 unspecified atom stereocenters. The average molecular weight is 259 g/mol. The van der Waals surface area contributed by atoms with Crippen molar-refractivity contribution < 1.29 is 8.42 Å². The predicted molar refractivity (Wildman–Crippen MR) is 64.2 cm³/mol. The van der Waals surface area contributed by atoms with Crippen LogP contribution >= 0.6 is 0 Å². The molecule has 0 aliphatic heterocycles. The minimum Gasteiger partial charge on any atom is -0.388 e. The summed E-state index contributed by atoms with van der Waals surface area (Å²) < 4.78 is 27.0. The van der Waals surface area contributed by atoms with Gasteiger partial charge in [-0.15, -0.1) is 0 Å². The van der Waals surface area contributed by atoms with Crippen LogP contribution in [-0.2, 0) is 17.1 Å². The van der Waals surface area contributed by atoms with Crippen LogP contribution in [0.25, 0.3) is 0 Å². The molecule has 8 heteroatoms. The van der Waals surface area contributed by atoms with Gasteiger partial charge in [-0.2, -0.15) is 9.40 Å². The van der Waals surface area contributed by atoms with Crippen LogP contribution in [0.15, 0.2) is 17.3 Å². The molecular formula is C9H17N5O2S. The fraction of sp³-hybridized carbons (Fsp3) is 0.556. The Labute approximate surface area is 101 Å². The van der Waals surface area contributed by atoms with Crippen LogP contribution in [-0.4, -0.2) is 41.4 Å². The second-order valence-electron chi connectivity index (χ2n) is 3.56. The molecule has 0 atom stereocenters. The molecule has 0 fully saturated rings. The minimum atomic E-state index is -3.55. The van der Waals surface area contributed by atoms with Crippen LogP contribution in [0, 0.1) is 5.41 Å². The summed E-state index contributed by atoms with van der Waals surface area (Å²) in [5, 5.41) is 11.1. The molecular weight excluding hydrogens is 242 g/mol. The molecule has 0 saturated heterocycles. The lowest BCUT2D eigenvalue weighted by Crippen LogP contribution is -2.34. The summed E-state index contributed by atoms with van der Waals surface area (Å²) in [7, 11) is -1.98. The largest absolute Gasteiger partial charge is 0.388 e. The van der Waals surface area contributed by atoms with E-state index in [1.807, 2.05) is 0 Å². The molecule has 0 aromatic carbocycles. The molecule has 0 spiro atoms. The van der Waals surface area contributed by atoms with Crippen molar-refractivity contribution in [2.45, 2.75) is 18.4 Å². The second kappa shape index (κ2) is 5.28. The van der Waals surface area contributed by atoms with E-state index in [1.165, 1.54) is 21.3 Å². The van der Waals surface area contributed by atoms with E-state index in [0.29, 0.717) is 6.54 Å². The molecule has 1 heterocycles. The molecule has 0 aliphatic carbocycles. The summed E-state index contributed by atoms with van der Waals surface area (Å²) in [5.74, 6) is -0.0244. The topological polar surface area (TPSA) is 105 Å². The number of hydrogen-bond donors (Lipinski definition) is 2. The Bertz CT molecular complexity index is 493. The summed E-state index contributed by atoms with van der Waals surface area (Å²) in [6, 6.07) is 1.45. The Balaban J connectivity index is 2.95. The Kier molecular flexibility index (Phi) is 4.24. The fourth-order valence-corrected chi connectivity index (χ4v) is 2.99. The van der Waals surface area contributed by atoms with Crippen molar-refractivity contribution in [3.8, 4) is 0 Å². The molecule has 1 rings (SSSR count). The molecule has 0 saturated carbocycles. The van der Waals surface area contributed by atoms with Crippen molar-refractivity contribution in [2.24, 2.45) is 12.8 Å². The number of nitrogens with two attached hydrogens (primary N) is 1. The van der Waals surface area contributed by atoms with Crippen molar-refractivity contribution in [1.29, 1.82) is 5.41 Å². The van der Waals surface area contributed by atoms with Crippen molar-refractivity contribution in [2.75, 3.05) is 13.1 Å². The van der Waals surface area contributed by atoms with Crippen LogP contribution in [0.2, 0.25) is 0 Å². The molecule has 1 aromatic heterocycles. The quantitative estimate of drug-likeness (QED) is 0.543. The van der Waals surface area contributed by atoms with Gasteiger partial charge in [0.1, 0.15) is 0 Å². The van der Waals surface area contributed by atoms with Gasteiger partial charge in [-0.1, -0.05) is 6.92 Å². The highest BCUT2D eigenvalue weighted by molar-refractivity contribution is 7.89. The normalized spacial score (nSPS) is 11.9. The Hall–Kier alpha value is -1.41. The first-order valence-corrected chi connectivity index (χ1v) is 6.64. The Morgan fingerprint density at radius 2 is 2.29 bits per heavy atom. The third kappa shape index (κ3) is 3.04. The maximum absolute atomic E-state index is 12.2. The number of rotatable bonds is 6. The number of sulfonamides is 1. The SMILES string of the molecule is CCN(CCC(=N)N)S(=O)(=O)c1ccnn1C. The van der Waals surface area contributed by atoms with Gasteiger partial charge in [-0.25, -0.2) is 8.42 Å². The van der Waals surface area contributed by atoms with Gasteiger partial charge < -0.3 is 5.73 Å². The van der Waals surface area contributed by atoms with E-state index in [2.05, 4.69) is 5.10 Å². The third-order valence-electron chi connectivity index (χ3n) is 2.36. The smallest absolute Gasteiger partial charge is 0.260 e. The Morgan fingerprint density at radius 3 is 2.71 bits per heavy atom. The number of amidine groups is 1. The maximum Gasteiger partial charge on any atom is 0.260 e. The zero-order valence-corrected chi connectivity index (χ0v) is 10.7. The molecule has 1 aromatic rings. The van der Waals surface area contributed by atoms with Gasteiger partial charge in [0.15, 0.2) is 5.03 Å². The molecule has 0 bridgehead atoms.